The zero-order chi connectivity index (χ0) is 25.6. The molecule has 34 heavy (non-hydrogen) atoms. The zero-order valence-corrected chi connectivity index (χ0v) is 25.3. The summed E-state index contributed by atoms with van der Waals surface area (Å²) in [6.07, 6.45) is 17.3. The first-order chi connectivity index (χ1) is 15.9. The van der Waals surface area contributed by atoms with Gasteiger partial charge in [0.1, 0.15) is 7.11 Å². The molecule has 0 heterocycles. The zero-order valence-electron chi connectivity index (χ0n) is 23.3. The van der Waals surface area contributed by atoms with Gasteiger partial charge in [-0.05, 0) is 89.0 Å². The summed E-state index contributed by atoms with van der Waals surface area (Å²) < 4.78 is 12.0. The molecule has 5 nitrogen and oxygen atoms in total. The Balaban J connectivity index is 2.69. The molecule has 0 spiro atoms. The van der Waals surface area contributed by atoms with Gasteiger partial charge in [0.05, 0.1) is 11.8 Å². The van der Waals surface area contributed by atoms with Crippen LogP contribution in [0.4, 0.5) is 0 Å². The highest BCUT2D eigenvalue weighted by atomic mass is 28.4. The van der Waals surface area contributed by atoms with Gasteiger partial charge in [-0.1, -0.05) is 56.3 Å². The van der Waals surface area contributed by atoms with Gasteiger partial charge >= 0.3 is 0 Å². The van der Waals surface area contributed by atoms with Crippen LogP contribution in [0.1, 0.15) is 84.0 Å². The Morgan fingerprint density at radius 1 is 0.971 bits per heavy atom. The van der Waals surface area contributed by atoms with Gasteiger partial charge in [-0.15, -0.1) is 0 Å². The van der Waals surface area contributed by atoms with E-state index < -0.39 is 16.6 Å². The van der Waals surface area contributed by atoms with E-state index in [9.17, 15) is 4.79 Å². The summed E-state index contributed by atoms with van der Waals surface area (Å²) in [5, 5.41) is 4.32. The first-order valence-electron chi connectivity index (χ1n) is 13.4. The van der Waals surface area contributed by atoms with E-state index in [1.807, 2.05) is 0 Å². The quantitative estimate of drug-likeness (QED) is 0.113. The molecule has 0 aromatic heterocycles. The Hall–Kier alpha value is -1.19. The molecule has 1 rings (SSSR count). The number of rotatable bonds is 17. The second-order valence-corrected chi connectivity index (χ2v) is 20.2. The molecule has 0 aromatic carbocycles. The van der Waals surface area contributed by atoms with Crippen LogP contribution in [0.3, 0.4) is 0 Å². The lowest BCUT2D eigenvalue weighted by atomic mass is 10.0. The van der Waals surface area contributed by atoms with Crippen molar-refractivity contribution < 1.29 is 18.5 Å². The van der Waals surface area contributed by atoms with E-state index in [-0.39, 0.29) is 12.1 Å². The Morgan fingerprint density at radius 2 is 1.68 bits per heavy atom. The van der Waals surface area contributed by atoms with Crippen LogP contribution in [0.2, 0.25) is 39.3 Å². The molecule has 0 fully saturated rings. The number of oxime groups is 1. The highest BCUT2D eigenvalue weighted by molar-refractivity contribution is 6.71. The summed E-state index contributed by atoms with van der Waals surface area (Å²) in [4.78, 5) is 17.0. The lowest BCUT2D eigenvalue weighted by Crippen LogP contribution is -2.31. The third-order valence-corrected chi connectivity index (χ3v) is 7.51. The molecule has 0 amide bonds. The number of allylic oxidation sites excluding steroid dienone is 3. The fourth-order valence-electron chi connectivity index (χ4n) is 4.22. The Labute approximate surface area is 211 Å². The van der Waals surface area contributed by atoms with Crippen molar-refractivity contribution in [1.29, 1.82) is 0 Å². The molecule has 1 aliphatic rings. The molecule has 0 N–H and O–H groups in total. The van der Waals surface area contributed by atoms with Gasteiger partial charge in [0.15, 0.2) is 8.32 Å². The molecule has 0 saturated heterocycles. The van der Waals surface area contributed by atoms with E-state index >= 15 is 0 Å². The van der Waals surface area contributed by atoms with Crippen molar-refractivity contribution in [1.82, 2.24) is 0 Å². The van der Waals surface area contributed by atoms with Crippen LogP contribution in [0.25, 0.3) is 0 Å². The number of hydrogen-bond donors (Lipinski definition) is 0. The Morgan fingerprint density at radius 3 is 2.29 bits per heavy atom. The van der Waals surface area contributed by atoms with Gasteiger partial charge in [-0.25, -0.2) is 0 Å². The second-order valence-electron chi connectivity index (χ2n) is 11.3. The molecule has 0 aromatic rings. The van der Waals surface area contributed by atoms with Crippen molar-refractivity contribution in [3.63, 3.8) is 0 Å². The molecule has 0 aliphatic heterocycles. The Kier molecular flexibility index (Phi) is 14.3. The van der Waals surface area contributed by atoms with Crippen molar-refractivity contribution in [3.8, 4) is 0 Å². The highest BCUT2D eigenvalue weighted by Gasteiger charge is 2.23. The van der Waals surface area contributed by atoms with Crippen LogP contribution in [0.5, 0.6) is 0 Å². The lowest BCUT2D eigenvalue weighted by molar-refractivity contribution is -0.135. The van der Waals surface area contributed by atoms with Crippen LogP contribution in [-0.4, -0.2) is 41.5 Å². The summed E-state index contributed by atoms with van der Waals surface area (Å²) >= 11 is 0. The number of unbranched alkanes of at least 4 members (excludes halogenated alkanes) is 5. The highest BCUT2D eigenvalue weighted by Crippen LogP contribution is 2.30. The molecule has 1 atom stereocenters. The van der Waals surface area contributed by atoms with Gasteiger partial charge in [-0.3, -0.25) is 4.79 Å². The maximum Gasteiger partial charge on any atom is 0.292 e. The van der Waals surface area contributed by atoms with Crippen molar-refractivity contribution in [2.45, 2.75) is 129 Å². The maximum atomic E-state index is 11.9. The molecule has 1 unspecified atom stereocenters. The van der Waals surface area contributed by atoms with Crippen molar-refractivity contribution in [2.24, 2.45) is 5.16 Å². The lowest BCUT2D eigenvalue weighted by Gasteiger charge is -2.24. The number of carbonyl (C=O) groups excluding carboxylic acids is 1. The predicted molar refractivity (Wildman–Crippen MR) is 149 cm³/mol. The van der Waals surface area contributed by atoms with E-state index in [4.69, 9.17) is 13.7 Å². The smallest absolute Gasteiger partial charge is 0.292 e. The van der Waals surface area contributed by atoms with Gasteiger partial charge < -0.3 is 13.7 Å². The van der Waals surface area contributed by atoms with E-state index in [1.54, 1.807) is 7.11 Å². The number of nitrogens with zero attached hydrogens (tertiary/aromatic N) is 1. The summed E-state index contributed by atoms with van der Waals surface area (Å²) in [6.45, 7) is 15.2. The van der Waals surface area contributed by atoms with Crippen LogP contribution in [0, 0.1) is 0 Å². The van der Waals surface area contributed by atoms with Crippen LogP contribution < -0.4 is 0 Å². The van der Waals surface area contributed by atoms with Crippen LogP contribution in [0.15, 0.2) is 28.5 Å². The standard InChI is InChI=1S/C27H51NO4Si2/c1-9-10-13-16-24(31-33(3,4)5)21-19-23-20-22-26(28-30-2)25(23)17-14-11-12-15-18-27(29)32-34(6,7)8/h19,21,24H,9-18,20,22H2,1-8H3. The van der Waals surface area contributed by atoms with Gasteiger partial charge in [0, 0.05) is 6.42 Å². The van der Waals surface area contributed by atoms with E-state index in [1.165, 1.54) is 30.4 Å². The molecule has 7 heteroatoms. The fraction of sp³-hybridized carbons (Fsp3) is 0.778. The van der Waals surface area contributed by atoms with Crippen molar-refractivity contribution in [3.05, 3.63) is 23.3 Å². The molecular weight excluding hydrogens is 458 g/mol. The average Bonchev–Trinajstić information content (AvgIpc) is 3.08. The monoisotopic (exact) mass is 509 g/mol. The largest absolute Gasteiger partial charge is 0.520 e. The molecule has 196 valence electrons. The first kappa shape index (κ1) is 30.8. The van der Waals surface area contributed by atoms with Gasteiger partial charge in [-0.2, -0.15) is 0 Å². The summed E-state index contributed by atoms with van der Waals surface area (Å²) in [5.74, 6) is -0.0337. The molecule has 1 aliphatic carbocycles. The average molecular weight is 510 g/mol. The van der Waals surface area contributed by atoms with Crippen LogP contribution in [-0.2, 0) is 18.5 Å². The van der Waals surface area contributed by atoms with Crippen LogP contribution >= 0.6 is 0 Å². The van der Waals surface area contributed by atoms with E-state index in [0.717, 1.165) is 57.1 Å². The molecule has 0 radical (unpaired) electrons. The second kappa shape index (κ2) is 15.7. The van der Waals surface area contributed by atoms with E-state index in [0.29, 0.717) is 6.42 Å². The number of hydrogen-bond acceptors (Lipinski definition) is 5. The van der Waals surface area contributed by atoms with E-state index in [2.05, 4.69) is 63.5 Å². The molecular formula is C27H51NO4Si2. The minimum absolute atomic E-state index is 0.0337. The van der Waals surface area contributed by atoms with Crippen molar-refractivity contribution in [2.75, 3.05) is 7.11 Å². The summed E-state index contributed by atoms with van der Waals surface area (Å²) in [7, 11) is -1.74. The van der Waals surface area contributed by atoms with Crippen molar-refractivity contribution >= 4 is 28.3 Å². The van der Waals surface area contributed by atoms with Gasteiger partial charge in [0.2, 0.25) is 8.32 Å². The minimum atomic E-state index is -1.77. The predicted octanol–water partition coefficient (Wildman–Crippen LogP) is 8.15. The number of carbonyl (C=O) groups is 1. The SMILES string of the molecule is CCCCCC(C=CC1=C(CCCCCCC(=O)O[Si](C)(C)C)C(=NOC)CC1)O[Si](C)(C)C. The third kappa shape index (κ3) is 14.3. The Bertz CT molecular complexity index is 702. The minimum Gasteiger partial charge on any atom is -0.520 e. The third-order valence-electron chi connectivity index (χ3n) is 5.66. The normalized spacial score (nSPS) is 17.1. The van der Waals surface area contributed by atoms with Gasteiger partial charge in [0.25, 0.3) is 5.97 Å². The molecule has 0 bridgehead atoms. The topological polar surface area (TPSA) is 57.1 Å². The molecule has 0 saturated carbocycles. The maximum absolute atomic E-state index is 11.9. The summed E-state index contributed by atoms with van der Waals surface area (Å²) in [6, 6.07) is 0. The first-order valence-corrected chi connectivity index (χ1v) is 20.2. The summed E-state index contributed by atoms with van der Waals surface area (Å²) in [5.41, 5.74) is 3.82. The fourth-order valence-corrected chi connectivity index (χ4v) is 6.11.